The molecule has 1 N–H and O–H groups in total. The van der Waals surface area contributed by atoms with Crippen LogP contribution in [0, 0.1) is 0 Å². The predicted octanol–water partition coefficient (Wildman–Crippen LogP) is 2.96. The zero-order chi connectivity index (χ0) is 15.3. The summed E-state index contributed by atoms with van der Waals surface area (Å²) in [6.45, 7) is 7.27. The van der Waals surface area contributed by atoms with Crippen LogP contribution in [0.1, 0.15) is 39.4 Å². The highest BCUT2D eigenvalue weighted by Gasteiger charge is 2.30. The van der Waals surface area contributed by atoms with E-state index in [-0.39, 0.29) is 15.6 Å². The van der Waals surface area contributed by atoms with Crippen molar-refractivity contribution < 1.29 is 12.8 Å². The van der Waals surface area contributed by atoms with Crippen LogP contribution >= 0.6 is 15.9 Å². The molecule has 0 radical (unpaired) electrons. The average Bonchev–Trinajstić information content (AvgIpc) is 2.79. The number of nitrogens with one attached hydrogen (secondary N) is 1. The van der Waals surface area contributed by atoms with Crippen LogP contribution in [0.4, 0.5) is 0 Å². The Morgan fingerprint density at radius 2 is 1.95 bits per heavy atom. The number of hydrogen-bond acceptors (Lipinski definition) is 4. The minimum absolute atomic E-state index is 0.000910. The van der Waals surface area contributed by atoms with Crippen LogP contribution in [0.25, 0.3) is 0 Å². The zero-order valence-corrected chi connectivity index (χ0v) is 14.8. The highest BCUT2D eigenvalue weighted by Crippen LogP contribution is 2.29. The Bertz CT molecular complexity index is 524. The minimum atomic E-state index is -3.53. The summed E-state index contributed by atoms with van der Waals surface area (Å²) in [5, 5.41) is 3.11. The molecule has 0 aliphatic rings. The van der Waals surface area contributed by atoms with Gasteiger partial charge in [0.25, 0.3) is 0 Å². The van der Waals surface area contributed by atoms with Gasteiger partial charge in [0.1, 0.15) is 10.7 Å². The van der Waals surface area contributed by atoms with E-state index in [0.717, 1.165) is 19.4 Å². The molecule has 1 aromatic heterocycles. The van der Waals surface area contributed by atoms with Crippen LogP contribution in [-0.4, -0.2) is 32.4 Å². The smallest absolute Gasteiger partial charge is 0.247 e. The molecule has 1 rings (SSSR count). The average molecular weight is 367 g/mol. The summed E-state index contributed by atoms with van der Waals surface area (Å²) >= 11 is 3.21. The molecule has 0 spiro atoms. The lowest BCUT2D eigenvalue weighted by molar-refractivity contribution is 0.349. The molecule has 5 nitrogen and oxygen atoms in total. The molecule has 0 aliphatic carbocycles. The van der Waals surface area contributed by atoms with Gasteiger partial charge in [-0.3, -0.25) is 0 Å². The third kappa shape index (κ3) is 3.84. The molecule has 0 atom stereocenters. The Kier molecular flexibility index (Phi) is 6.71. The van der Waals surface area contributed by atoms with Crippen molar-refractivity contribution in [2.45, 2.75) is 51.1 Å². The van der Waals surface area contributed by atoms with Gasteiger partial charge in [0.15, 0.2) is 4.67 Å². The van der Waals surface area contributed by atoms with E-state index in [9.17, 15) is 8.42 Å². The summed E-state index contributed by atoms with van der Waals surface area (Å²) in [5.74, 6) is 0.607. The van der Waals surface area contributed by atoms with Gasteiger partial charge in [0.2, 0.25) is 10.0 Å². The van der Waals surface area contributed by atoms with E-state index in [1.165, 1.54) is 4.31 Å². The Hall–Kier alpha value is -0.370. The van der Waals surface area contributed by atoms with E-state index in [2.05, 4.69) is 21.2 Å². The number of nitrogens with zero attached hydrogens (tertiary/aromatic N) is 1. The van der Waals surface area contributed by atoms with E-state index in [0.29, 0.717) is 12.3 Å². The van der Waals surface area contributed by atoms with E-state index >= 15 is 0 Å². The zero-order valence-electron chi connectivity index (χ0n) is 12.4. The van der Waals surface area contributed by atoms with Gasteiger partial charge in [-0.2, -0.15) is 4.31 Å². The van der Waals surface area contributed by atoms with Gasteiger partial charge < -0.3 is 9.73 Å². The second kappa shape index (κ2) is 7.59. The van der Waals surface area contributed by atoms with Gasteiger partial charge in [-0.05, 0) is 35.3 Å². The number of sulfonamides is 1. The molecule has 0 fully saturated rings. The maximum atomic E-state index is 12.6. The third-order valence-electron chi connectivity index (χ3n) is 3.37. The first-order chi connectivity index (χ1) is 9.38. The fourth-order valence-corrected chi connectivity index (χ4v) is 4.53. The molecule has 0 saturated carbocycles. The summed E-state index contributed by atoms with van der Waals surface area (Å²) in [5.41, 5.74) is 0. The number of hydrogen-bond donors (Lipinski definition) is 1. The van der Waals surface area contributed by atoms with Crippen LogP contribution < -0.4 is 5.32 Å². The van der Waals surface area contributed by atoms with E-state index in [1.54, 1.807) is 13.1 Å². The van der Waals surface area contributed by atoms with Crippen molar-refractivity contribution in [3.63, 3.8) is 0 Å². The Balaban J connectivity index is 3.06. The number of rotatable bonds is 8. The first-order valence-electron chi connectivity index (χ1n) is 6.85. The topological polar surface area (TPSA) is 62.6 Å². The molecule has 0 aromatic carbocycles. The predicted molar refractivity (Wildman–Crippen MR) is 83.1 cm³/mol. The molecule has 0 bridgehead atoms. The van der Waals surface area contributed by atoms with E-state index in [1.807, 2.05) is 20.8 Å². The molecular formula is C13H23BrN2O3S. The lowest BCUT2D eigenvalue weighted by Gasteiger charge is -2.24. The Morgan fingerprint density at radius 3 is 2.45 bits per heavy atom. The maximum absolute atomic E-state index is 12.6. The van der Waals surface area contributed by atoms with Crippen molar-refractivity contribution in [2.24, 2.45) is 0 Å². The molecule has 20 heavy (non-hydrogen) atoms. The monoisotopic (exact) mass is 366 g/mol. The molecule has 0 unspecified atom stereocenters. The van der Waals surface area contributed by atoms with Gasteiger partial charge in [-0.15, -0.1) is 0 Å². The third-order valence-corrected chi connectivity index (χ3v) is 6.14. The summed E-state index contributed by atoms with van der Waals surface area (Å²) in [4.78, 5) is 0.194. The van der Waals surface area contributed by atoms with Crippen LogP contribution in [-0.2, 0) is 16.6 Å². The summed E-state index contributed by atoms with van der Waals surface area (Å²) in [7, 11) is -1.91. The first-order valence-corrected chi connectivity index (χ1v) is 9.08. The van der Waals surface area contributed by atoms with Gasteiger partial charge >= 0.3 is 0 Å². The standard InChI is InChI=1S/C13H23BrN2O3S/c1-5-10(6-2)16(4)20(17,18)12-8-11(9-15-7-3)19-13(12)14/h8,10,15H,5-7,9H2,1-4H3. The fraction of sp³-hybridized carbons (Fsp3) is 0.692. The van der Waals surface area contributed by atoms with Gasteiger partial charge in [-0.1, -0.05) is 20.8 Å². The molecular weight excluding hydrogens is 344 g/mol. The summed E-state index contributed by atoms with van der Waals surface area (Å²) < 4.78 is 32.4. The lowest BCUT2D eigenvalue weighted by Crippen LogP contribution is -2.36. The number of halogens is 1. The quantitative estimate of drug-likeness (QED) is 0.767. The van der Waals surface area contributed by atoms with Gasteiger partial charge in [-0.25, -0.2) is 8.42 Å². The first kappa shape index (κ1) is 17.7. The highest BCUT2D eigenvalue weighted by molar-refractivity contribution is 9.10. The van der Waals surface area contributed by atoms with Gasteiger partial charge in [0.05, 0.1) is 6.54 Å². The molecule has 1 heterocycles. The van der Waals surface area contributed by atoms with Crippen molar-refractivity contribution in [3.8, 4) is 0 Å². The van der Waals surface area contributed by atoms with Crippen LogP contribution in [0.3, 0.4) is 0 Å². The summed E-state index contributed by atoms with van der Waals surface area (Å²) in [6.07, 6.45) is 1.57. The van der Waals surface area contributed by atoms with Gasteiger partial charge in [0, 0.05) is 19.2 Å². The van der Waals surface area contributed by atoms with Crippen molar-refractivity contribution in [3.05, 3.63) is 16.5 Å². The summed E-state index contributed by atoms with van der Waals surface area (Å²) in [6, 6.07) is 1.58. The largest absolute Gasteiger partial charge is 0.452 e. The van der Waals surface area contributed by atoms with E-state index in [4.69, 9.17) is 4.42 Å². The molecule has 1 aromatic rings. The Morgan fingerprint density at radius 1 is 1.35 bits per heavy atom. The molecule has 7 heteroatoms. The molecule has 0 amide bonds. The van der Waals surface area contributed by atoms with Crippen molar-refractivity contribution in [2.75, 3.05) is 13.6 Å². The SMILES string of the molecule is CCNCc1cc(S(=O)(=O)N(C)C(CC)CC)c(Br)o1. The maximum Gasteiger partial charge on any atom is 0.247 e. The molecule has 0 aliphatic heterocycles. The molecule has 0 saturated heterocycles. The molecule has 116 valence electrons. The van der Waals surface area contributed by atoms with Crippen molar-refractivity contribution in [1.82, 2.24) is 9.62 Å². The number of furan rings is 1. The highest BCUT2D eigenvalue weighted by atomic mass is 79.9. The Labute approximate surface area is 129 Å². The van der Waals surface area contributed by atoms with Crippen LogP contribution in [0.5, 0.6) is 0 Å². The van der Waals surface area contributed by atoms with Crippen LogP contribution in [0.2, 0.25) is 0 Å². The second-order valence-corrected chi connectivity index (χ2v) is 7.31. The van der Waals surface area contributed by atoms with Crippen molar-refractivity contribution in [1.29, 1.82) is 0 Å². The van der Waals surface area contributed by atoms with Crippen LogP contribution in [0.15, 0.2) is 20.0 Å². The minimum Gasteiger partial charge on any atom is -0.452 e. The van der Waals surface area contributed by atoms with E-state index < -0.39 is 10.0 Å². The van der Waals surface area contributed by atoms with Crippen molar-refractivity contribution >= 4 is 26.0 Å². The normalized spacial score (nSPS) is 12.6. The second-order valence-electron chi connectivity index (χ2n) is 4.62. The fourth-order valence-electron chi connectivity index (χ4n) is 2.06. The lowest BCUT2D eigenvalue weighted by atomic mass is 10.2.